The van der Waals surface area contributed by atoms with Crippen molar-refractivity contribution in [2.45, 2.75) is 31.6 Å². The molecule has 2 aromatic carbocycles. The zero-order chi connectivity index (χ0) is 15.6. The van der Waals surface area contributed by atoms with E-state index in [1.807, 2.05) is 37.3 Å². The topological polar surface area (TPSA) is 37.4 Å². The van der Waals surface area contributed by atoms with E-state index in [2.05, 4.69) is 24.3 Å². The number of nitrogens with zero attached hydrogens (tertiary/aromatic N) is 1. The Bertz CT molecular complexity index is 723. The molecular weight excluding hydrogens is 294 g/mol. The summed E-state index contributed by atoms with van der Waals surface area (Å²) >= 11 is 0. The fourth-order valence-electron chi connectivity index (χ4n) is 3.06. The Hall–Kier alpha value is -1.65. The predicted molar refractivity (Wildman–Crippen MR) is 88.9 cm³/mol. The molecule has 2 aromatic rings. The summed E-state index contributed by atoms with van der Waals surface area (Å²) in [5, 5.41) is 0. The highest BCUT2D eigenvalue weighted by atomic mass is 32.2. The summed E-state index contributed by atoms with van der Waals surface area (Å²) in [6.45, 7) is 2.66. The van der Waals surface area contributed by atoms with Gasteiger partial charge in [0.2, 0.25) is 10.0 Å². The maximum absolute atomic E-state index is 12.8. The standard InChI is InChI=1S/C18H21NO2S/c1-15-9-11-17(12-10-15)18-8-5-13-19(18)22(20,21)14-16-6-3-2-4-7-16/h2-4,6-7,9-12,18H,5,8,13-14H2,1H3. The van der Waals surface area contributed by atoms with Gasteiger partial charge in [-0.2, -0.15) is 4.31 Å². The van der Waals surface area contributed by atoms with E-state index in [-0.39, 0.29) is 11.8 Å². The third-order valence-electron chi connectivity index (χ3n) is 4.22. The summed E-state index contributed by atoms with van der Waals surface area (Å²) in [6.07, 6.45) is 1.82. The van der Waals surface area contributed by atoms with Crippen LogP contribution in [0.2, 0.25) is 0 Å². The number of aryl methyl sites for hydroxylation is 1. The molecule has 116 valence electrons. The Morgan fingerprint density at radius 2 is 1.73 bits per heavy atom. The highest BCUT2D eigenvalue weighted by molar-refractivity contribution is 7.88. The van der Waals surface area contributed by atoms with Gasteiger partial charge in [-0.05, 0) is 30.9 Å². The molecule has 0 radical (unpaired) electrons. The average molecular weight is 315 g/mol. The van der Waals surface area contributed by atoms with Gasteiger partial charge < -0.3 is 0 Å². The molecule has 1 aliphatic heterocycles. The first-order valence-corrected chi connectivity index (χ1v) is 9.27. The molecule has 0 aromatic heterocycles. The minimum atomic E-state index is -3.29. The average Bonchev–Trinajstić information content (AvgIpc) is 2.99. The van der Waals surface area contributed by atoms with Crippen LogP contribution in [0, 0.1) is 6.92 Å². The molecular formula is C18H21NO2S. The van der Waals surface area contributed by atoms with Crippen LogP contribution >= 0.6 is 0 Å². The van der Waals surface area contributed by atoms with Gasteiger partial charge in [-0.15, -0.1) is 0 Å². The van der Waals surface area contributed by atoms with E-state index in [1.54, 1.807) is 4.31 Å². The van der Waals surface area contributed by atoms with Gasteiger partial charge in [0.05, 0.1) is 5.75 Å². The number of sulfonamides is 1. The quantitative estimate of drug-likeness (QED) is 0.863. The van der Waals surface area contributed by atoms with Crippen molar-refractivity contribution in [2.75, 3.05) is 6.54 Å². The van der Waals surface area contributed by atoms with Gasteiger partial charge >= 0.3 is 0 Å². The Kier molecular flexibility index (Phi) is 4.32. The molecule has 1 heterocycles. The van der Waals surface area contributed by atoms with Crippen molar-refractivity contribution in [1.29, 1.82) is 0 Å². The molecule has 22 heavy (non-hydrogen) atoms. The molecule has 1 atom stereocenters. The van der Waals surface area contributed by atoms with E-state index in [9.17, 15) is 8.42 Å². The Morgan fingerprint density at radius 3 is 2.41 bits per heavy atom. The number of hydrogen-bond acceptors (Lipinski definition) is 2. The summed E-state index contributed by atoms with van der Waals surface area (Å²) in [5.41, 5.74) is 3.14. The molecule has 1 saturated heterocycles. The first kappa shape index (κ1) is 15.3. The third-order valence-corrected chi connectivity index (χ3v) is 6.06. The molecule has 0 amide bonds. The first-order valence-electron chi connectivity index (χ1n) is 7.66. The lowest BCUT2D eigenvalue weighted by molar-refractivity contribution is 0.396. The SMILES string of the molecule is Cc1ccc(C2CCCN2S(=O)(=O)Cc2ccccc2)cc1. The largest absolute Gasteiger partial charge is 0.218 e. The van der Waals surface area contributed by atoms with Gasteiger partial charge in [0, 0.05) is 12.6 Å². The van der Waals surface area contributed by atoms with Gasteiger partial charge in [-0.1, -0.05) is 60.2 Å². The summed E-state index contributed by atoms with van der Waals surface area (Å²) in [4.78, 5) is 0. The number of hydrogen-bond donors (Lipinski definition) is 0. The Balaban J connectivity index is 1.84. The summed E-state index contributed by atoms with van der Waals surface area (Å²) in [7, 11) is -3.29. The van der Waals surface area contributed by atoms with Crippen molar-refractivity contribution >= 4 is 10.0 Å². The molecule has 0 aliphatic carbocycles. The van der Waals surface area contributed by atoms with E-state index in [0.717, 1.165) is 24.0 Å². The fraction of sp³-hybridized carbons (Fsp3) is 0.333. The predicted octanol–water partition coefficient (Wildman–Crippen LogP) is 3.66. The second kappa shape index (κ2) is 6.23. The van der Waals surface area contributed by atoms with Crippen LogP contribution in [0.5, 0.6) is 0 Å². The smallest absolute Gasteiger partial charge is 0.212 e. The molecule has 0 spiro atoms. The van der Waals surface area contributed by atoms with Crippen LogP contribution in [0.1, 0.15) is 35.6 Å². The van der Waals surface area contributed by atoms with Crippen LogP contribution in [0.25, 0.3) is 0 Å². The van der Waals surface area contributed by atoms with Crippen molar-refractivity contribution in [1.82, 2.24) is 4.31 Å². The fourth-order valence-corrected chi connectivity index (χ4v) is 4.86. The van der Waals surface area contributed by atoms with Crippen LogP contribution in [0.15, 0.2) is 54.6 Å². The van der Waals surface area contributed by atoms with Crippen LogP contribution in [-0.4, -0.2) is 19.3 Å². The van der Waals surface area contributed by atoms with Crippen molar-refractivity contribution in [3.63, 3.8) is 0 Å². The van der Waals surface area contributed by atoms with E-state index < -0.39 is 10.0 Å². The molecule has 3 rings (SSSR count). The zero-order valence-electron chi connectivity index (χ0n) is 12.8. The van der Waals surface area contributed by atoms with Crippen LogP contribution in [-0.2, 0) is 15.8 Å². The van der Waals surface area contributed by atoms with Crippen LogP contribution in [0.3, 0.4) is 0 Å². The molecule has 0 bridgehead atoms. The lowest BCUT2D eigenvalue weighted by Gasteiger charge is -2.24. The molecule has 1 fully saturated rings. The lowest BCUT2D eigenvalue weighted by atomic mass is 10.0. The van der Waals surface area contributed by atoms with Crippen LogP contribution in [0.4, 0.5) is 0 Å². The van der Waals surface area contributed by atoms with Crippen LogP contribution < -0.4 is 0 Å². The Morgan fingerprint density at radius 1 is 1.05 bits per heavy atom. The van der Waals surface area contributed by atoms with E-state index >= 15 is 0 Å². The first-order chi connectivity index (χ1) is 10.6. The van der Waals surface area contributed by atoms with E-state index in [0.29, 0.717) is 6.54 Å². The summed E-state index contributed by atoms with van der Waals surface area (Å²) in [5.74, 6) is 0.0796. The molecule has 0 N–H and O–H groups in total. The van der Waals surface area contributed by atoms with Crippen molar-refractivity contribution in [3.05, 3.63) is 71.3 Å². The van der Waals surface area contributed by atoms with Gasteiger partial charge in [0.1, 0.15) is 0 Å². The minimum Gasteiger partial charge on any atom is -0.212 e. The second-order valence-corrected chi connectivity index (χ2v) is 7.84. The number of benzene rings is 2. The lowest BCUT2D eigenvalue weighted by Crippen LogP contribution is -2.31. The zero-order valence-corrected chi connectivity index (χ0v) is 13.6. The highest BCUT2D eigenvalue weighted by Crippen LogP contribution is 2.35. The molecule has 1 aliphatic rings. The maximum Gasteiger partial charge on any atom is 0.218 e. The van der Waals surface area contributed by atoms with Gasteiger partial charge in [0.15, 0.2) is 0 Å². The normalized spacial score (nSPS) is 19.4. The van der Waals surface area contributed by atoms with Crippen molar-refractivity contribution in [2.24, 2.45) is 0 Å². The van der Waals surface area contributed by atoms with Gasteiger partial charge in [0.25, 0.3) is 0 Å². The maximum atomic E-state index is 12.8. The summed E-state index contributed by atoms with van der Waals surface area (Å²) < 4.78 is 27.2. The highest BCUT2D eigenvalue weighted by Gasteiger charge is 2.34. The van der Waals surface area contributed by atoms with Gasteiger partial charge in [-0.3, -0.25) is 0 Å². The molecule has 3 nitrogen and oxygen atoms in total. The van der Waals surface area contributed by atoms with E-state index in [1.165, 1.54) is 5.56 Å². The number of rotatable bonds is 4. The van der Waals surface area contributed by atoms with Crippen molar-refractivity contribution in [3.8, 4) is 0 Å². The van der Waals surface area contributed by atoms with Crippen molar-refractivity contribution < 1.29 is 8.42 Å². The van der Waals surface area contributed by atoms with Gasteiger partial charge in [-0.25, -0.2) is 8.42 Å². The summed E-state index contributed by atoms with van der Waals surface area (Å²) in [6, 6.07) is 17.6. The monoisotopic (exact) mass is 315 g/mol. The Labute approximate surface area is 132 Å². The second-order valence-electron chi connectivity index (χ2n) is 5.92. The third kappa shape index (κ3) is 3.23. The molecule has 0 saturated carbocycles. The minimum absolute atomic E-state index is 0.0192. The molecule has 4 heteroatoms. The van der Waals surface area contributed by atoms with E-state index in [4.69, 9.17) is 0 Å². The molecule has 1 unspecified atom stereocenters.